The molecule has 36 heavy (non-hydrogen) atoms. The molecule has 0 fully saturated rings. The normalized spacial score (nSPS) is 10.7. The van der Waals surface area contributed by atoms with Crippen LogP contribution in [0.25, 0.3) is 0 Å². The number of hydrogen-bond acceptors (Lipinski definition) is 8. The Morgan fingerprint density at radius 1 is 0.528 bits per heavy atom. The van der Waals surface area contributed by atoms with Crippen LogP contribution in [0.5, 0.6) is 0 Å². The molecular weight excluding hydrogens is 464 g/mol. The second-order valence-corrected chi connectivity index (χ2v) is 9.03. The zero-order valence-electron chi connectivity index (χ0n) is 21.7. The van der Waals surface area contributed by atoms with Crippen molar-refractivity contribution in [2.45, 2.75) is 104 Å². The highest BCUT2D eigenvalue weighted by Crippen LogP contribution is 2.20. The fourth-order valence-corrected chi connectivity index (χ4v) is 3.88. The van der Waals surface area contributed by atoms with Crippen molar-refractivity contribution in [3.05, 3.63) is 34.4 Å². The lowest BCUT2D eigenvalue weighted by molar-refractivity contribution is -0.256. The zero-order valence-corrected chi connectivity index (χ0v) is 21.7. The molecular formula is C28H40O8-2. The molecule has 0 atom stereocenters. The number of aromatic carboxylic acids is 2. The molecule has 0 radical (unpaired) electrons. The standard InChI is InChI=1S/C28H42O8/c1-3-5-7-9-11-13-15-17-35-27(33)23-19-22(26(31)32)24(20-21(23)25(29)30)28(34)36-18-16-14-12-10-8-6-4-2/h19-20H,3-18H2,1-2H3,(H,29,30)(H,31,32)/p-2. The molecule has 202 valence electrons. The Balaban J connectivity index is 2.75. The second kappa shape index (κ2) is 18.4. The largest absolute Gasteiger partial charge is 0.545 e. The van der Waals surface area contributed by atoms with Crippen LogP contribution in [0, 0.1) is 0 Å². The third kappa shape index (κ3) is 11.7. The van der Waals surface area contributed by atoms with E-state index in [1.54, 1.807) is 0 Å². The van der Waals surface area contributed by atoms with Crippen LogP contribution in [0.4, 0.5) is 0 Å². The Morgan fingerprint density at radius 2 is 0.833 bits per heavy atom. The number of carboxylic acid groups (broad SMARTS) is 2. The molecule has 8 nitrogen and oxygen atoms in total. The zero-order chi connectivity index (χ0) is 26.8. The highest BCUT2D eigenvalue weighted by atomic mass is 16.5. The highest BCUT2D eigenvalue weighted by Gasteiger charge is 2.22. The third-order valence-corrected chi connectivity index (χ3v) is 6.00. The average Bonchev–Trinajstić information content (AvgIpc) is 2.85. The first-order chi connectivity index (χ1) is 17.3. The first kappa shape index (κ1) is 31.1. The molecule has 0 aliphatic carbocycles. The Kier molecular flexibility index (Phi) is 15.9. The van der Waals surface area contributed by atoms with E-state index in [4.69, 9.17) is 9.47 Å². The van der Waals surface area contributed by atoms with Crippen molar-refractivity contribution in [3.8, 4) is 0 Å². The van der Waals surface area contributed by atoms with Crippen LogP contribution >= 0.6 is 0 Å². The maximum atomic E-state index is 12.5. The fourth-order valence-electron chi connectivity index (χ4n) is 3.88. The first-order valence-corrected chi connectivity index (χ1v) is 13.3. The maximum absolute atomic E-state index is 12.5. The summed E-state index contributed by atoms with van der Waals surface area (Å²) in [6.45, 7) is 4.42. The van der Waals surface area contributed by atoms with Crippen LogP contribution in [0.2, 0.25) is 0 Å². The van der Waals surface area contributed by atoms with Gasteiger partial charge in [0.1, 0.15) is 0 Å². The molecule has 0 aromatic heterocycles. The van der Waals surface area contributed by atoms with Gasteiger partial charge in [0.25, 0.3) is 0 Å². The van der Waals surface area contributed by atoms with Crippen molar-refractivity contribution in [2.75, 3.05) is 13.2 Å². The number of carbonyl (C=O) groups is 4. The Bertz CT molecular complexity index is 776. The molecule has 0 saturated heterocycles. The molecule has 1 aromatic carbocycles. The van der Waals surface area contributed by atoms with E-state index in [1.165, 1.54) is 12.8 Å². The van der Waals surface area contributed by atoms with Gasteiger partial charge in [-0.15, -0.1) is 0 Å². The van der Waals surface area contributed by atoms with Crippen LogP contribution in [-0.4, -0.2) is 37.1 Å². The molecule has 0 unspecified atom stereocenters. The van der Waals surface area contributed by atoms with E-state index < -0.39 is 46.1 Å². The molecule has 0 saturated carbocycles. The number of rotatable bonds is 20. The number of carbonyl (C=O) groups excluding carboxylic acids is 4. The van der Waals surface area contributed by atoms with Gasteiger partial charge in [-0.05, 0) is 25.0 Å². The van der Waals surface area contributed by atoms with Crippen LogP contribution in [0.1, 0.15) is 145 Å². The molecule has 0 N–H and O–H groups in total. The molecule has 0 amide bonds. The number of unbranched alkanes of at least 4 members (excludes halogenated alkanes) is 12. The van der Waals surface area contributed by atoms with Gasteiger partial charge in [0.2, 0.25) is 0 Å². The summed E-state index contributed by atoms with van der Waals surface area (Å²) in [6.07, 6.45) is 14.1. The van der Waals surface area contributed by atoms with Crippen molar-refractivity contribution >= 4 is 23.9 Å². The molecule has 1 rings (SSSR count). The summed E-state index contributed by atoms with van der Waals surface area (Å²) < 4.78 is 10.3. The van der Waals surface area contributed by atoms with E-state index in [-0.39, 0.29) is 13.2 Å². The number of carboxylic acids is 2. The van der Waals surface area contributed by atoms with Gasteiger partial charge >= 0.3 is 11.9 Å². The van der Waals surface area contributed by atoms with Crippen LogP contribution in [0.3, 0.4) is 0 Å². The Hall–Kier alpha value is -2.90. The summed E-state index contributed by atoms with van der Waals surface area (Å²) in [7, 11) is 0. The van der Waals surface area contributed by atoms with Gasteiger partial charge in [-0.25, -0.2) is 9.59 Å². The SMILES string of the molecule is CCCCCCCCCOC(=O)c1cc(C(=O)[O-])c(C(=O)OCCCCCCCCC)cc1C(=O)[O-]. The van der Waals surface area contributed by atoms with Crippen LogP contribution in [0.15, 0.2) is 12.1 Å². The minimum absolute atomic E-state index is 0.0714. The van der Waals surface area contributed by atoms with Gasteiger partial charge in [-0.1, -0.05) is 90.9 Å². The predicted molar refractivity (Wildman–Crippen MR) is 132 cm³/mol. The van der Waals surface area contributed by atoms with Gasteiger partial charge in [0, 0.05) is 11.1 Å². The van der Waals surface area contributed by atoms with E-state index in [1.807, 2.05) is 0 Å². The van der Waals surface area contributed by atoms with E-state index in [0.29, 0.717) is 12.8 Å². The van der Waals surface area contributed by atoms with Gasteiger partial charge in [-0.3, -0.25) is 0 Å². The summed E-state index contributed by atoms with van der Waals surface area (Å²) in [5.74, 6) is -5.45. The van der Waals surface area contributed by atoms with Gasteiger partial charge in [0.15, 0.2) is 0 Å². The van der Waals surface area contributed by atoms with Crippen LogP contribution < -0.4 is 10.2 Å². The van der Waals surface area contributed by atoms with E-state index in [0.717, 1.165) is 76.3 Å². The maximum Gasteiger partial charge on any atom is 0.338 e. The molecule has 0 aliphatic heterocycles. The monoisotopic (exact) mass is 504 g/mol. The van der Waals surface area contributed by atoms with Crippen molar-refractivity contribution in [1.82, 2.24) is 0 Å². The molecule has 1 aromatic rings. The number of esters is 2. The predicted octanol–water partition coefficient (Wildman–Crippen LogP) is 4.23. The summed E-state index contributed by atoms with van der Waals surface area (Å²) in [5.41, 5.74) is -2.26. The van der Waals surface area contributed by atoms with Gasteiger partial charge in [0.05, 0.1) is 36.3 Å². The molecule has 0 aliphatic rings. The average molecular weight is 505 g/mol. The van der Waals surface area contributed by atoms with Crippen molar-refractivity contribution in [3.63, 3.8) is 0 Å². The summed E-state index contributed by atoms with van der Waals surface area (Å²) in [4.78, 5) is 48.3. The fraction of sp³-hybridized carbons (Fsp3) is 0.643. The lowest BCUT2D eigenvalue weighted by Crippen LogP contribution is -2.30. The molecule has 0 bridgehead atoms. The topological polar surface area (TPSA) is 133 Å². The van der Waals surface area contributed by atoms with Gasteiger partial charge in [-0.2, -0.15) is 0 Å². The Labute approximate surface area is 214 Å². The van der Waals surface area contributed by atoms with Crippen molar-refractivity contribution in [2.24, 2.45) is 0 Å². The lowest BCUT2D eigenvalue weighted by Gasteiger charge is -2.16. The summed E-state index contributed by atoms with van der Waals surface area (Å²) >= 11 is 0. The highest BCUT2D eigenvalue weighted by molar-refractivity contribution is 6.09. The number of ether oxygens (including phenoxy) is 2. The van der Waals surface area contributed by atoms with Crippen molar-refractivity contribution in [1.29, 1.82) is 0 Å². The minimum Gasteiger partial charge on any atom is -0.545 e. The number of hydrogen-bond donors (Lipinski definition) is 0. The minimum atomic E-state index is -1.73. The third-order valence-electron chi connectivity index (χ3n) is 6.00. The van der Waals surface area contributed by atoms with E-state index in [9.17, 15) is 29.4 Å². The molecule has 0 spiro atoms. The summed E-state index contributed by atoms with van der Waals surface area (Å²) in [5, 5.41) is 23.3. The summed E-state index contributed by atoms with van der Waals surface area (Å²) in [6, 6.07) is 1.58. The van der Waals surface area contributed by atoms with E-state index >= 15 is 0 Å². The number of benzene rings is 1. The quantitative estimate of drug-likeness (QED) is 0.190. The van der Waals surface area contributed by atoms with E-state index in [2.05, 4.69) is 13.8 Å². The van der Waals surface area contributed by atoms with Gasteiger partial charge < -0.3 is 29.3 Å². The Morgan fingerprint density at radius 3 is 1.14 bits per heavy atom. The van der Waals surface area contributed by atoms with Crippen LogP contribution in [-0.2, 0) is 9.47 Å². The van der Waals surface area contributed by atoms with Crippen molar-refractivity contribution < 1.29 is 38.9 Å². The molecule has 0 heterocycles. The first-order valence-electron chi connectivity index (χ1n) is 13.3. The molecule has 8 heteroatoms. The second-order valence-electron chi connectivity index (χ2n) is 9.03. The smallest absolute Gasteiger partial charge is 0.338 e. The lowest BCUT2D eigenvalue weighted by atomic mass is 9.98.